The number of thioether (sulfide) groups is 1. The van der Waals surface area contributed by atoms with Gasteiger partial charge in [-0.15, -0.1) is 0 Å². The van der Waals surface area contributed by atoms with Gasteiger partial charge in [-0.1, -0.05) is 0 Å². The minimum Gasteiger partial charge on any atom is -0.353 e. The zero-order valence-corrected chi connectivity index (χ0v) is 9.69. The molecule has 1 rings (SSSR count). The monoisotopic (exact) mass is 217 g/mol. The molecule has 1 saturated heterocycles. The van der Waals surface area contributed by atoms with Gasteiger partial charge in [-0.3, -0.25) is 4.79 Å². The number of nitrogens with zero attached hydrogens (tertiary/aromatic N) is 1. The van der Waals surface area contributed by atoms with Crippen LogP contribution in [0.5, 0.6) is 0 Å². The lowest BCUT2D eigenvalue weighted by molar-refractivity contribution is -0.122. The molecule has 0 bridgehead atoms. The molecule has 1 fully saturated rings. The van der Waals surface area contributed by atoms with Gasteiger partial charge in [0.15, 0.2) is 0 Å². The van der Waals surface area contributed by atoms with Crippen LogP contribution in [0.2, 0.25) is 0 Å². The molecule has 2 N–H and O–H groups in total. The fraction of sp³-hybridized carbons (Fsp3) is 0.889. The van der Waals surface area contributed by atoms with Crippen molar-refractivity contribution in [3.05, 3.63) is 0 Å². The summed E-state index contributed by atoms with van der Waals surface area (Å²) in [6, 6.07) is 0.0101. The Balaban J connectivity index is 2.13. The zero-order valence-electron chi connectivity index (χ0n) is 8.88. The smallest absolute Gasteiger partial charge is 0.238 e. The minimum absolute atomic E-state index is 0.0101. The number of carbonyl (C=O) groups is 1. The molecule has 1 amide bonds. The normalized spacial score (nSPS) is 22.4. The Hall–Kier alpha value is -0.260. The van der Waals surface area contributed by atoms with E-state index in [9.17, 15) is 4.79 Å². The molecule has 4 nitrogen and oxygen atoms in total. The third-order valence-corrected chi connectivity index (χ3v) is 3.16. The molecule has 82 valence electrons. The summed E-state index contributed by atoms with van der Waals surface area (Å²) >= 11 is 1.84. The van der Waals surface area contributed by atoms with Crippen LogP contribution < -0.4 is 10.6 Å². The predicted molar refractivity (Wildman–Crippen MR) is 60.7 cm³/mol. The minimum atomic E-state index is 0.0101. The maximum absolute atomic E-state index is 11.6. The lowest BCUT2D eigenvalue weighted by Gasteiger charge is -2.22. The highest BCUT2D eigenvalue weighted by Crippen LogP contribution is 2.07. The van der Waals surface area contributed by atoms with Gasteiger partial charge in [0.1, 0.15) is 0 Å². The number of carbonyl (C=O) groups excluding carboxylic acids is 1. The number of amides is 1. The van der Waals surface area contributed by atoms with Gasteiger partial charge in [0.25, 0.3) is 0 Å². The summed E-state index contributed by atoms with van der Waals surface area (Å²) in [7, 11) is 4.00. The lowest BCUT2D eigenvalue weighted by atomic mass is 10.3. The van der Waals surface area contributed by atoms with Gasteiger partial charge in [0, 0.05) is 31.1 Å². The first-order valence-electron chi connectivity index (χ1n) is 4.93. The molecular formula is C9H19N3OS. The summed E-state index contributed by atoms with van der Waals surface area (Å²) in [4.78, 5) is 13.6. The van der Waals surface area contributed by atoms with Crippen LogP contribution in [0.25, 0.3) is 0 Å². The van der Waals surface area contributed by atoms with Gasteiger partial charge in [-0.2, -0.15) is 11.8 Å². The van der Waals surface area contributed by atoms with Crippen LogP contribution in [-0.4, -0.2) is 62.1 Å². The summed E-state index contributed by atoms with van der Waals surface area (Å²) in [6.07, 6.45) is 0. The van der Waals surface area contributed by atoms with Crippen LogP contribution >= 0.6 is 11.8 Å². The summed E-state index contributed by atoms with van der Waals surface area (Å²) < 4.78 is 0. The van der Waals surface area contributed by atoms with Gasteiger partial charge >= 0.3 is 0 Å². The number of nitrogens with one attached hydrogen (secondary N) is 2. The van der Waals surface area contributed by atoms with Crippen molar-refractivity contribution < 1.29 is 4.79 Å². The Morgan fingerprint density at radius 2 is 2.43 bits per heavy atom. The van der Waals surface area contributed by atoms with Crippen LogP contribution in [0.4, 0.5) is 0 Å². The van der Waals surface area contributed by atoms with Crippen LogP contribution in [0.1, 0.15) is 0 Å². The van der Waals surface area contributed by atoms with Gasteiger partial charge in [0.05, 0.1) is 6.04 Å². The molecule has 0 radical (unpaired) electrons. The van der Waals surface area contributed by atoms with E-state index in [2.05, 4.69) is 15.5 Å². The molecule has 14 heavy (non-hydrogen) atoms. The van der Waals surface area contributed by atoms with Crippen LogP contribution in [0.3, 0.4) is 0 Å². The number of rotatable bonds is 4. The molecule has 0 aromatic carbocycles. The van der Waals surface area contributed by atoms with Crippen molar-refractivity contribution in [1.82, 2.24) is 15.5 Å². The molecule has 1 aliphatic rings. The number of likely N-dealkylation sites (N-methyl/N-ethyl adjacent to an activating group) is 1. The van der Waals surface area contributed by atoms with E-state index < -0.39 is 0 Å². The summed E-state index contributed by atoms with van der Waals surface area (Å²) in [5.74, 6) is 2.15. The first-order valence-corrected chi connectivity index (χ1v) is 6.09. The van der Waals surface area contributed by atoms with Crippen molar-refractivity contribution in [2.45, 2.75) is 6.04 Å². The Morgan fingerprint density at radius 3 is 3.00 bits per heavy atom. The molecule has 0 spiro atoms. The van der Waals surface area contributed by atoms with Crippen molar-refractivity contribution in [2.24, 2.45) is 0 Å². The van der Waals surface area contributed by atoms with E-state index in [1.54, 1.807) is 0 Å². The number of hydrogen-bond acceptors (Lipinski definition) is 4. The summed E-state index contributed by atoms with van der Waals surface area (Å²) in [5, 5.41) is 6.14. The summed E-state index contributed by atoms with van der Waals surface area (Å²) in [5.41, 5.74) is 0. The second-order valence-electron chi connectivity index (χ2n) is 3.68. The van der Waals surface area contributed by atoms with Crippen LogP contribution in [0, 0.1) is 0 Å². The first-order chi connectivity index (χ1) is 6.70. The van der Waals surface area contributed by atoms with E-state index in [1.807, 2.05) is 25.9 Å². The second-order valence-corrected chi connectivity index (χ2v) is 4.83. The van der Waals surface area contributed by atoms with E-state index in [1.165, 1.54) is 0 Å². The van der Waals surface area contributed by atoms with Gasteiger partial charge in [0.2, 0.25) is 5.91 Å². The largest absolute Gasteiger partial charge is 0.353 e. The third kappa shape index (κ3) is 4.30. The Kier molecular flexibility index (Phi) is 5.29. The standard InChI is InChI=1S/C9H19N3OS/c1-12(2)5-3-11-9(13)8-7-14-6-4-10-8/h8,10H,3-7H2,1-2H3,(H,11,13). The third-order valence-electron chi connectivity index (χ3n) is 2.10. The Bertz CT molecular complexity index is 181. The maximum atomic E-state index is 11.6. The second kappa shape index (κ2) is 6.27. The predicted octanol–water partition coefficient (Wildman–Crippen LogP) is -0.631. The van der Waals surface area contributed by atoms with Crippen LogP contribution in [-0.2, 0) is 4.79 Å². The Morgan fingerprint density at radius 1 is 1.64 bits per heavy atom. The summed E-state index contributed by atoms with van der Waals surface area (Å²) in [6.45, 7) is 2.57. The van der Waals surface area contributed by atoms with E-state index >= 15 is 0 Å². The van der Waals surface area contributed by atoms with E-state index in [0.717, 1.165) is 31.1 Å². The van der Waals surface area contributed by atoms with Crippen LogP contribution in [0.15, 0.2) is 0 Å². The zero-order chi connectivity index (χ0) is 10.4. The van der Waals surface area contributed by atoms with E-state index in [0.29, 0.717) is 0 Å². The fourth-order valence-electron chi connectivity index (χ4n) is 1.26. The highest BCUT2D eigenvalue weighted by Gasteiger charge is 2.19. The van der Waals surface area contributed by atoms with E-state index in [4.69, 9.17) is 0 Å². The van der Waals surface area contributed by atoms with Crippen molar-refractivity contribution in [3.8, 4) is 0 Å². The average molecular weight is 217 g/mol. The molecular weight excluding hydrogens is 198 g/mol. The first kappa shape index (κ1) is 11.8. The molecule has 1 heterocycles. The average Bonchev–Trinajstić information content (AvgIpc) is 2.18. The van der Waals surface area contributed by atoms with Crippen molar-refractivity contribution >= 4 is 17.7 Å². The molecule has 1 aliphatic heterocycles. The quantitative estimate of drug-likeness (QED) is 0.658. The lowest BCUT2D eigenvalue weighted by Crippen LogP contribution is -2.49. The van der Waals surface area contributed by atoms with Gasteiger partial charge in [-0.05, 0) is 14.1 Å². The molecule has 0 aromatic heterocycles. The number of hydrogen-bond donors (Lipinski definition) is 2. The molecule has 5 heteroatoms. The maximum Gasteiger partial charge on any atom is 0.238 e. The SMILES string of the molecule is CN(C)CCNC(=O)C1CSCCN1. The molecule has 1 atom stereocenters. The van der Waals surface area contributed by atoms with Crippen molar-refractivity contribution in [1.29, 1.82) is 0 Å². The van der Waals surface area contributed by atoms with E-state index in [-0.39, 0.29) is 11.9 Å². The topological polar surface area (TPSA) is 44.4 Å². The van der Waals surface area contributed by atoms with Crippen molar-refractivity contribution in [3.63, 3.8) is 0 Å². The highest BCUT2D eigenvalue weighted by molar-refractivity contribution is 7.99. The van der Waals surface area contributed by atoms with Gasteiger partial charge < -0.3 is 15.5 Å². The molecule has 1 unspecified atom stereocenters. The van der Waals surface area contributed by atoms with Crippen molar-refractivity contribution in [2.75, 3.05) is 45.2 Å². The molecule has 0 saturated carbocycles. The highest BCUT2D eigenvalue weighted by atomic mass is 32.2. The molecule has 0 aliphatic carbocycles. The van der Waals surface area contributed by atoms with Gasteiger partial charge in [-0.25, -0.2) is 0 Å². The molecule has 0 aromatic rings. The fourth-order valence-corrected chi connectivity index (χ4v) is 2.19. The Labute approximate surface area is 89.8 Å².